The van der Waals surface area contributed by atoms with Crippen molar-refractivity contribution in [3.05, 3.63) is 30.3 Å². The van der Waals surface area contributed by atoms with Gasteiger partial charge in [0.2, 0.25) is 0 Å². The zero-order valence-electron chi connectivity index (χ0n) is 15.4. The fourth-order valence-electron chi connectivity index (χ4n) is 2.40. The van der Waals surface area contributed by atoms with Crippen LogP contribution in [0.1, 0.15) is 27.2 Å². The molecule has 7 heteroatoms. The van der Waals surface area contributed by atoms with Gasteiger partial charge in [-0.15, -0.1) is 0 Å². The van der Waals surface area contributed by atoms with Crippen molar-refractivity contribution >= 4 is 23.5 Å². The Hall–Kier alpha value is -2.88. The second-order valence-electron chi connectivity index (χ2n) is 6.62. The molecule has 1 aromatic carbocycles. The van der Waals surface area contributed by atoms with Crippen molar-refractivity contribution in [2.75, 3.05) is 24.7 Å². The van der Waals surface area contributed by atoms with E-state index in [0.717, 1.165) is 5.69 Å². The number of carbonyl (C=O) groups excluding carboxylic acids is 1. The topological polar surface area (TPSA) is 98.8 Å². The van der Waals surface area contributed by atoms with Crippen LogP contribution in [0.15, 0.2) is 35.3 Å². The van der Waals surface area contributed by atoms with Gasteiger partial charge >= 0.3 is 5.97 Å². The van der Waals surface area contributed by atoms with Crippen LogP contribution in [0.5, 0.6) is 0 Å². The van der Waals surface area contributed by atoms with Crippen LogP contribution < -0.4 is 4.90 Å². The standard InChI is InChI=1S/C19H24N4O3/c1-4-25-17(24)15-12-23(14-8-6-5-7-9-14)18(22-16(15)21)26-11-10-19(2,3)13-20/h5-9,15,21H,4,10-12H2,1-3H3. The van der Waals surface area contributed by atoms with Gasteiger partial charge in [0.15, 0.2) is 0 Å². The van der Waals surface area contributed by atoms with E-state index in [2.05, 4.69) is 11.1 Å². The first-order chi connectivity index (χ1) is 12.4. The first-order valence-electron chi connectivity index (χ1n) is 8.58. The molecule has 0 spiro atoms. The predicted octanol–water partition coefficient (Wildman–Crippen LogP) is 2.98. The monoisotopic (exact) mass is 356 g/mol. The summed E-state index contributed by atoms with van der Waals surface area (Å²) in [7, 11) is 0. The molecule has 0 amide bonds. The molecule has 1 aliphatic rings. The lowest BCUT2D eigenvalue weighted by Gasteiger charge is -2.32. The van der Waals surface area contributed by atoms with Crippen LogP contribution in [0.2, 0.25) is 0 Å². The molecular weight excluding hydrogens is 332 g/mol. The van der Waals surface area contributed by atoms with E-state index in [1.165, 1.54) is 0 Å². The summed E-state index contributed by atoms with van der Waals surface area (Å²) in [6, 6.07) is 11.9. The third-order valence-corrected chi connectivity index (χ3v) is 4.04. The largest absolute Gasteiger partial charge is 0.465 e. The van der Waals surface area contributed by atoms with Crippen LogP contribution in [0, 0.1) is 28.1 Å². The second kappa shape index (κ2) is 8.48. The summed E-state index contributed by atoms with van der Waals surface area (Å²) in [5.74, 6) is -1.31. The molecule has 7 nitrogen and oxygen atoms in total. The number of benzene rings is 1. The number of aliphatic imine (C=N–C) groups is 1. The molecule has 1 aliphatic heterocycles. The Morgan fingerprint density at radius 3 is 2.73 bits per heavy atom. The molecule has 1 aromatic rings. The van der Waals surface area contributed by atoms with Crippen molar-refractivity contribution in [1.82, 2.24) is 0 Å². The number of nitrogens with one attached hydrogen (secondary N) is 1. The van der Waals surface area contributed by atoms with Crippen LogP contribution in [0.4, 0.5) is 5.69 Å². The SMILES string of the molecule is CCOC(=O)C1CN(c2ccccc2)C(OCCC(C)(C)C#N)=NC1=N. The van der Waals surface area contributed by atoms with Crippen molar-refractivity contribution < 1.29 is 14.3 Å². The highest BCUT2D eigenvalue weighted by Gasteiger charge is 2.35. The van der Waals surface area contributed by atoms with E-state index in [9.17, 15) is 4.79 Å². The molecule has 1 heterocycles. The van der Waals surface area contributed by atoms with Gasteiger partial charge in [0.05, 0.1) is 24.7 Å². The number of anilines is 1. The van der Waals surface area contributed by atoms with Gasteiger partial charge in [-0.05, 0) is 39.3 Å². The Labute approximate surface area is 153 Å². The van der Waals surface area contributed by atoms with Crippen LogP contribution >= 0.6 is 0 Å². The molecule has 0 saturated heterocycles. The predicted molar refractivity (Wildman–Crippen MR) is 99.0 cm³/mol. The molecule has 0 radical (unpaired) electrons. The minimum absolute atomic E-state index is 0.0785. The summed E-state index contributed by atoms with van der Waals surface area (Å²) < 4.78 is 10.8. The van der Waals surface area contributed by atoms with E-state index in [4.69, 9.17) is 20.1 Å². The average molecular weight is 356 g/mol. The maximum Gasteiger partial charge on any atom is 0.318 e. The number of rotatable bonds is 6. The molecule has 0 bridgehead atoms. The summed E-state index contributed by atoms with van der Waals surface area (Å²) in [6.07, 6.45) is 0.528. The van der Waals surface area contributed by atoms with Crippen LogP contribution in [-0.2, 0) is 14.3 Å². The van der Waals surface area contributed by atoms with Gasteiger partial charge in [-0.25, -0.2) is 0 Å². The maximum absolute atomic E-state index is 12.1. The first-order valence-corrected chi connectivity index (χ1v) is 8.58. The summed E-state index contributed by atoms with van der Waals surface area (Å²) in [6.45, 7) is 6.18. The van der Waals surface area contributed by atoms with Crippen LogP contribution in [-0.4, -0.2) is 37.6 Å². The minimum Gasteiger partial charge on any atom is -0.465 e. The van der Waals surface area contributed by atoms with Gasteiger partial charge in [0.25, 0.3) is 6.02 Å². The van der Waals surface area contributed by atoms with E-state index < -0.39 is 17.3 Å². The Kier molecular flexibility index (Phi) is 6.34. The van der Waals surface area contributed by atoms with Crippen LogP contribution in [0.25, 0.3) is 0 Å². The lowest BCUT2D eigenvalue weighted by Crippen LogP contribution is -2.47. The highest BCUT2D eigenvalue weighted by atomic mass is 16.5. The van der Waals surface area contributed by atoms with E-state index in [0.29, 0.717) is 13.0 Å². The van der Waals surface area contributed by atoms with Gasteiger partial charge in [0, 0.05) is 12.2 Å². The summed E-state index contributed by atoms with van der Waals surface area (Å²) in [5, 5.41) is 17.2. The van der Waals surface area contributed by atoms with E-state index in [1.54, 1.807) is 11.8 Å². The van der Waals surface area contributed by atoms with Crippen molar-refractivity contribution in [3.63, 3.8) is 0 Å². The van der Waals surface area contributed by atoms with Crippen molar-refractivity contribution in [2.45, 2.75) is 27.2 Å². The Morgan fingerprint density at radius 2 is 2.12 bits per heavy atom. The number of esters is 1. The summed E-state index contributed by atoms with van der Waals surface area (Å²) in [4.78, 5) is 18.1. The summed E-state index contributed by atoms with van der Waals surface area (Å²) in [5.41, 5.74) is 0.306. The average Bonchev–Trinajstić information content (AvgIpc) is 2.62. The van der Waals surface area contributed by atoms with Gasteiger partial charge in [-0.1, -0.05) is 18.2 Å². The molecule has 138 valence electrons. The summed E-state index contributed by atoms with van der Waals surface area (Å²) >= 11 is 0. The number of hydrogen-bond acceptors (Lipinski definition) is 6. The highest BCUT2D eigenvalue weighted by Crippen LogP contribution is 2.23. The number of amidine groups is 2. The molecule has 2 rings (SSSR count). The van der Waals surface area contributed by atoms with Crippen molar-refractivity contribution in [3.8, 4) is 6.07 Å². The first kappa shape index (κ1) is 19.4. The lowest BCUT2D eigenvalue weighted by atomic mass is 9.92. The van der Waals surface area contributed by atoms with Crippen LogP contribution in [0.3, 0.4) is 0 Å². The number of para-hydroxylation sites is 1. The zero-order chi connectivity index (χ0) is 19.2. The number of nitriles is 1. The maximum atomic E-state index is 12.1. The normalized spacial score (nSPS) is 17.3. The molecule has 1 N–H and O–H groups in total. The molecule has 1 unspecified atom stereocenters. The van der Waals surface area contributed by atoms with Gasteiger partial charge < -0.3 is 9.47 Å². The quantitative estimate of drug-likeness (QED) is 0.790. The van der Waals surface area contributed by atoms with E-state index in [1.807, 2.05) is 44.2 Å². The number of ether oxygens (including phenoxy) is 2. The highest BCUT2D eigenvalue weighted by molar-refractivity contribution is 6.10. The Bertz CT molecular complexity index is 722. The van der Waals surface area contributed by atoms with Gasteiger partial charge in [-0.3, -0.25) is 15.1 Å². The molecule has 1 atom stereocenters. The smallest absolute Gasteiger partial charge is 0.318 e. The minimum atomic E-state index is -0.766. The Balaban J connectivity index is 2.21. The fourth-order valence-corrected chi connectivity index (χ4v) is 2.40. The van der Waals surface area contributed by atoms with E-state index >= 15 is 0 Å². The molecule has 0 saturated carbocycles. The second-order valence-corrected chi connectivity index (χ2v) is 6.62. The molecular formula is C19H24N4O3. The fraction of sp³-hybridized carbons (Fsp3) is 0.474. The third-order valence-electron chi connectivity index (χ3n) is 4.04. The number of carbonyl (C=O) groups is 1. The molecule has 0 aliphatic carbocycles. The third kappa shape index (κ3) is 4.82. The molecule has 26 heavy (non-hydrogen) atoms. The lowest BCUT2D eigenvalue weighted by molar-refractivity contribution is -0.145. The Morgan fingerprint density at radius 1 is 1.42 bits per heavy atom. The number of hydrogen-bond donors (Lipinski definition) is 1. The van der Waals surface area contributed by atoms with Crippen molar-refractivity contribution in [1.29, 1.82) is 10.7 Å². The van der Waals surface area contributed by atoms with Gasteiger partial charge in [-0.2, -0.15) is 10.3 Å². The van der Waals surface area contributed by atoms with E-state index in [-0.39, 0.29) is 25.0 Å². The molecule has 0 fully saturated rings. The zero-order valence-corrected chi connectivity index (χ0v) is 15.4. The van der Waals surface area contributed by atoms with Gasteiger partial charge in [0.1, 0.15) is 11.8 Å². The number of nitrogens with zero attached hydrogens (tertiary/aromatic N) is 3. The van der Waals surface area contributed by atoms with Crippen molar-refractivity contribution in [2.24, 2.45) is 16.3 Å². The molecule has 0 aromatic heterocycles.